The molecule has 164 valence electrons. The Balaban J connectivity index is 1.76. The van der Waals surface area contributed by atoms with Crippen LogP contribution in [0.15, 0.2) is 72.8 Å². The monoisotopic (exact) mass is 450 g/mol. The van der Waals surface area contributed by atoms with Crippen molar-refractivity contribution >= 4 is 34.9 Å². The van der Waals surface area contributed by atoms with Crippen LogP contribution < -0.4 is 9.80 Å². The molecule has 7 heteroatoms. The highest BCUT2D eigenvalue weighted by atomic mass is 35.5. The predicted octanol–water partition coefficient (Wildman–Crippen LogP) is 4.72. The Labute approximate surface area is 191 Å². The second-order valence-corrected chi connectivity index (χ2v) is 7.86. The van der Waals surface area contributed by atoms with Crippen molar-refractivity contribution < 1.29 is 19.4 Å². The first-order valence-corrected chi connectivity index (χ1v) is 10.7. The first-order valence-electron chi connectivity index (χ1n) is 10.3. The van der Waals surface area contributed by atoms with Gasteiger partial charge in [-0.15, -0.1) is 0 Å². The van der Waals surface area contributed by atoms with E-state index >= 15 is 0 Å². The molecular formula is C25H23ClN2O4. The third-order valence-electron chi connectivity index (χ3n) is 5.43. The average Bonchev–Trinajstić information content (AvgIpc) is 2.84. The maximum absolute atomic E-state index is 13.4. The van der Waals surface area contributed by atoms with Crippen molar-refractivity contribution in [1.29, 1.82) is 0 Å². The molecule has 0 saturated carbocycles. The van der Waals surface area contributed by atoms with Gasteiger partial charge in [0.1, 0.15) is 0 Å². The zero-order valence-corrected chi connectivity index (χ0v) is 18.2. The molecule has 1 fully saturated rings. The molecular weight excluding hydrogens is 428 g/mol. The third kappa shape index (κ3) is 4.77. The molecule has 0 spiro atoms. The number of amides is 1. The lowest BCUT2D eigenvalue weighted by molar-refractivity contribution is 0.0696. The summed E-state index contributed by atoms with van der Waals surface area (Å²) in [5, 5.41) is 10.5. The summed E-state index contributed by atoms with van der Waals surface area (Å²) in [5.74, 6) is -1.28. The van der Waals surface area contributed by atoms with Gasteiger partial charge in [-0.05, 0) is 42.0 Å². The van der Waals surface area contributed by atoms with Gasteiger partial charge in [0.15, 0.2) is 0 Å². The lowest BCUT2D eigenvalue weighted by atomic mass is 10.1. The molecule has 0 unspecified atom stereocenters. The molecule has 0 radical (unpaired) electrons. The molecule has 32 heavy (non-hydrogen) atoms. The topological polar surface area (TPSA) is 70.1 Å². The molecule has 0 aliphatic carbocycles. The van der Waals surface area contributed by atoms with Gasteiger partial charge in [0.05, 0.1) is 31.0 Å². The van der Waals surface area contributed by atoms with E-state index in [9.17, 15) is 14.7 Å². The van der Waals surface area contributed by atoms with E-state index in [-0.39, 0.29) is 18.0 Å². The Morgan fingerprint density at radius 3 is 2.34 bits per heavy atom. The number of morpholine rings is 1. The number of hydrogen-bond donors (Lipinski definition) is 1. The number of carbonyl (C=O) groups is 2. The minimum Gasteiger partial charge on any atom is -0.478 e. The van der Waals surface area contributed by atoms with Crippen molar-refractivity contribution in [1.82, 2.24) is 0 Å². The number of halogens is 1. The Hall–Kier alpha value is -3.35. The molecule has 3 aromatic carbocycles. The number of anilines is 2. The molecule has 1 amide bonds. The molecule has 0 aromatic heterocycles. The number of hydrogen-bond acceptors (Lipinski definition) is 4. The minimum atomic E-state index is -1.04. The quantitative estimate of drug-likeness (QED) is 0.588. The van der Waals surface area contributed by atoms with Crippen molar-refractivity contribution in [2.75, 3.05) is 36.1 Å². The number of nitrogens with zero attached hydrogens (tertiary/aromatic N) is 2. The van der Waals surface area contributed by atoms with Gasteiger partial charge in [-0.1, -0.05) is 48.0 Å². The fraction of sp³-hybridized carbons (Fsp3) is 0.200. The van der Waals surface area contributed by atoms with E-state index in [0.29, 0.717) is 48.3 Å². The van der Waals surface area contributed by atoms with Crippen LogP contribution in [-0.2, 0) is 11.3 Å². The number of benzene rings is 3. The molecule has 4 rings (SSSR count). The summed E-state index contributed by atoms with van der Waals surface area (Å²) in [7, 11) is 0. The summed E-state index contributed by atoms with van der Waals surface area (Å²) in [5.41, 5.74) is 2.54. The third-order valence-corrected chi connectivity index (χ3v) is 5.79. The molecule has 0 bridgehead atoms. The Kier molecular flexibility index (Phi) is 6.73. The van der Waals surface area contributed by atoms with Crippen molar-refractivity contribution in [3.63, 3.8) is 0 Å². The van der Waals surface area contributed by atoms with Crippen LogP contribution in [0.2, 0.25) is 5.02 Å². The van der Waals surface area contributed by atoms with Crippen LogP contribution in [0.4, 0.5) is 11.4 Å². The van der Waals surface area contributed by atoms with Gasteiger partial charge in [-0.25, -0.2) is 4.79 Å². The fourth-order valence-electron chi connectivity index (χ4n) is 3.76. The van der Waals surface area contributed by atoms with Gasteiger partial charge in [0, 0.05) is 29.4 Å². The van der Waals surface area contributed by atoms with Gasteiger partial charge in [-0.2, -0.15) is 0 Å². The van der Waals surface area contributed by atoms with E-state index in [0.717, 1.165) is 5.56 Å². The number of carbonyl (C=O) groups excluding carboxylic acids is 1. The maximum Gasteiger partial charge on any atom is 0.337 e. The van der Waals surface area contributed by atoms with E-state index < -0.39 is 5.97 Å². The molecule has 1 N–H and O–H groups in total. The van der Waals surface area contributed by atoms with Crippen LogP contribution in [0.5, 0.6) is 0 Å². The SMILES string of the molecule is O=C(O)c1cc(N(Cc2ccccc2Cl)C(=O)c2ccccc2)ccc1N1CCOCC1. The number of rotatable bonds is 6. The van der Waals surface area contributed by atoms with Gasteiger partial charge in [0.2, 0.25) is 0 Å². The second-order valence-electron chi connectivity index (χ2n) is 7.45. The summed E-state index contributed by atoms with van der Waals surface area (Å²) in [6.45, 7) is 2.54. The van der Waals surface area contributed by atoms with Crippen LogP contribution in [0.3, 0.4) is 0 Å². The smallest absolute Gasteiger partial charge is 0.337 e. The van der Waals surface area contributed by atoms with Gasteiger partial charge >= 0.3 is 5.97 Å². The summed E-state index contributed by atoms with van der Waals surface area (Å²) in [6.07, 6.45) is 0. The lowest BCUT2D eigenvalue weighted by Gasteiger charge is -2.31. The first kappa shape index (κ1) is 21.9. The Bertz CT molecular complexity index is 1110. The Morgan fingerprint density at radius 2 is 1.66 bits per heavy atom. The maximum atomic E-state index is 13.4. The van der Waals surface area contributed by atoms with Crippen molar-refractivity contribution in [3.8, 4) is 0 Å². The summed E-state index contributed by atoms with van der Waals surface area (Å²) in [4.78, 5) is 29.1. The molecule has 3 aromatic rings. The fourth-order valence-corrected chi connectivity index (χ4v) is 3.95. The summed E-state index contributed by atoms with van der Waals surface area (Å²) >= 11 is 6.36. The Morgan fingerprint density at radius 1 is 0.969 bits per heavy atom. The molecule has 1 heterocycles. The van der Waals surface area contributed by atoms with Gasteiger partial charge in [0.25, 0.3) is 5.91 Å². The number of ether oxygens (including phenoxy) is 1. The van der Waals surface area contributed by atoms with Crippen molar-refractivity contribution in [2.45, 2.75) is 6.54 Å². The van der Waals surface area contributed by atoms with E-state index in [1.54, 1.807) is 53.4 Å². The number of carboxylic acid groups (broad SMARTS) is 1. The molecule has 1 aliphatic rings. The largest absolute Gasteiger partial charge is 0.478 e. The molecule has 6 nitrogen and oxygen atoms in total. The molecule has 0 atom stereocenters. The molecule has 1 aliphatic heterocycles. The normalized spacial score (nSPS) is 13.6. The molecule has 1 saturated heterocycles. The van der Waals surface area contributed by atoms with Gasteiger partial charge < -0.3 is 19.6 Å². The van der Waals surface area contributed by atoms with Crippen LogP contribution in [0.25, 0.3) is 0 Å². The highest BCUT2D eigenvalue weighted by Gasteiger charge is 2.24. The predicted molar refractivity (Wildman–Crippen MR) is 125 cm³/mol. The lowest BCUT2D eigenvalue weighted by Crippen LogP contribution is -2.37. The van der Waals surface area contributed by atoms with Gasteiger partial charge in [-0.3, -0.25) is 4.79 Å². The van der Waals surface area contributed by atoms with E-state index in [2.05, 4.69) is 0 Å². The van der Waals surface area contributed by atoms with Crippen LogP contribution in [-0.4, -0.2) is 43.3 Å². The van der Waals surface area contributed by atoms with Crippen molar-refractivity contribution in [2.24, 2.45) is 0 Å². The zero-order valence-electron chi connectivity index (χ0n) is 17.4. The van der Waals surface area contributed by atoms with Crippen LogP contribution in [0, 0.1) is 0 Å². The van der Waals surface area contributed by atoms with E-state index in [1.165, 1.54) is 0 Å². The van der Waals surface area contributed by atoms with E-state index in [1.807, 2.05) is 29.2 Å². The highest BCUT2D eigenvalue weighted by Crippen LogP contribution is 2.30. The van der Waals surface area contributed by atoms with E-state index in [4.69, 9.17) is 16.3 Å². The number of aromatic carboxylic acids is 1. The minimum absolute atomic E-state index is 0.148. The first-order chi connectivity index (χ1) is 15.5. The summed E-state index contributed by atoms with van der Waals surface area (Å²) < 4.78 is 5.39. The van der Waals surface area contributed by atoms with Crippen molar-refractivity contribution in [3.05, 3.63) is 94.5 Å². The standard InChI is InChI=1S/C25H23ClN2O4/c26-22-9-5-4-8-19(22)17-28(24(29)18-6-2-1-3-7-18)20-10-11-23(21(16-20)25(30)31)27-12-14-32-15-13-27/h1-11,16H,12-15,17H2,(H,30,31). The second kappa shape index (κ2) is 9.85. The zero-order chi connectivity index (χ0) is 22.5. The average molecular weight is 451 g/mol. The summed E-state index contributed by atoms with van der Waals surface area (Å²) in [6, 6.07) is 21.3. The number of carboxylic acids is 1. The van der Waals surface area contributed by atoms with Crippen LogP contribution >= 0.6 is 11.6 Å². The van der Waals surface area contributed by atoms with Crippen LogP contribution in [0.1, 0.15) is 26.3 Å². The highest BCUT2D eigenvalue weighted by molar-refractivity contribution is 6.31.